The number of amides is 2. The Labute approximate surface area is 176 Å². The van der Waals surface area contributed by atoms with Gasteiger partial charge in [-0.1, -0.05) is 12.1 Å². The molecule has 6 heteroatoms. The predicted molar refractivity (Wildman–Crippen MR) is 112 cm³/mol. The van der Waals surface area contributed by atoms with Crippen LogP contribution in [-0.2, 0) is 4.79 Å². The van der Waals surface area contributed by atoms with Gasteiger partial charge in [-0.15, -0.1) is 0 Å². The number of piperidine rings is 1. The third-order valence-corrected chi connectivity index (χ3v) is 6.31. The molecule has 1 atom stereocenters. The van der Waals surface area contributed by atoms with Crippen molar-refractivity contribution in [2.24, 2.45) is 5.92 Å². The minimum atomic E-state index is -0.352. The molecule has 1 unspecified atom stereocenters. The number of carbonyl (C=O) groups excluding carboxylic acids is 2. The summed E-state index contributed by atoms with van der Waals surface area (Å²) in [5.41, 5.74) is 1.73. The number of nitrogens with zero attached hydrogens (tertiary/aromatic N) is 2. The van der Waals surface area contributed by atoms with Gasteiger partial charge in [0.05, 0.1) is 7.11 Å². The average molecular weight is 410 g/mol. The summed E-state index contributed by atoms with van der Waals surface area (Å²) in [4.78, 5) is 29.4. The van der Waals surface area contributed by atoms with Crippen molar-refractivity contribution in [2.45, 2.75) is 25.2 Å². The maximum absolute atomic E-state index is 13.1. The molecule has 2 aliphatic heterocycles. The van der Waals surface area contributed by atoms with Crippen molar-refractivity contribution in [3.63, 3.8) is 0 Å². The lowest BCUT2D eigenvalue weighted by atomic mass is 9.94. The fourth-order valence-electron chi connectivity index (χ4n) is 4.47. The second-order valence-electron chi connectivity index (χ2n) is 8.12. The van der Waals surface area contributed by atoms with Crippen LogP contribution in [0.1, 0.15) is 41.1 Å². The molecule has 0 aliphatic carbocycles. The van der Waals surface area contributed by atoms with E-state index in [1.807, 2.05) is 17.0 Å². The van der Waals surface area contributed by atoms with Crippen molar-refractivity contribution in [3.05, 3.63) is 65.5 Å². The van der Waals surface area contributed by atoms with Crippen LogP contribution in [0.2, 0.25) is 0 Å². The van der Waals surface area contributed by atoms with Gasteiger partial charge in [0.25, 0.3) is 5.91 Å². The predicted octanol–water partition coefficient (Wildman–Crippen LogP) is 3.70. The quantitative estimate of drug-likeness (QED) is 0.772. The van der Waals surface area contributed by atoms with Gasteiger partial charge in [0.2, 0.25) is 5.91 Å². The van der Waals surface area contributed by atoms with Crippen LogP contribution in [0.25, 0.3) is 0 Å². The molecule has 2 fully saturated rings. The Kier molecular flexibility index (Phi) is 6.02. The third-order valence-electron chi connectivity index (χ3n) is 6.31. The number of carbonyl (C=O) groups is 2. The maximum Gasteiger partial charge on any atom is 0.253 e. The van der Waals surface area contributed by atoms with Gasteiger partial charge in [0.15, 0.2) is 0 Å². The molecule has 0 saturated carbocycles. The van der Waals surface area contributed by atoms with Crippen molar-refractivity contribution < 1.29 is 18.7 Å². The smallest absolute Gasteiger partial charge is 0.253 e. The summed E-state index contributed by atoms with van der Waals surface area (Å²) >= 11 is 0. The number of hydrogen-bond acceptors (Lipinski definition) is 3. The van der Waals surface area contributed by atoms with E-state index in [1.54, 1.807) is 12.0 Å². The molecule has 0 spiro atoms. The van der Waals surface area contributed by atoms with Crippen LogP contribution >= 0.6 is 0 Å². The van der Waals surface area contributed by atoms with Crippen LogP contribution in [0.15, 0.2) is 48.5 Å². The van der Waals surface area contributed by atoms with Crippen LogP contribution in [0.3, 0.4) is 0 Å². The first kappa shape index (κ1) is 20.4. The normalized spacial score (nSPS) is 19.7. The zero-order valence-corrected chi connectivity index (χ0v) is 17.2. The number of hydrogen-bond donors (Lipinski definition) is 0. The Bertz CT molecular complexity index is 890. The van der Waals surface area contributed by atoms with Crippen LogP contribution < -0.4 is 4.74 Å². The topological polar surface area (TPSA) is 49.9 Å². The van der Waals surface area contributed by atoms with E-state index in [0.717, 1.165) is 25.3 Å². The highest BCUT2D eigenvalue weighted by molar-refractivity contribution is 5.94. The van der Waals surface area contributed by atoms with Crippen LogP contribution in [0, 0.1) is 11.7 Å². The Morgan fingerprint density at radius 1 is 0.900 bits per heavy atom. The zero-order chi connectivity index (χ0) is 21.1. The SMILES string of the molecule is COc1ccc(C2CCN(C(=O)C3CCN(C(=O)c4ccc(F)cc4)CC3)C2)cc1. The highest BCUT2D eigenvalue weighted by Crippen LogP contribution is 2.31. The molecule has 4 rings (SSSR count). The van der Waals surface area contributed by atoms with Gasteiger partial charge in [-0.05, 0) is 61.2 Å². The molecule has 0 radical (unpaired) electrons. The fourth-order valence-corrected chi connectivity index (χ4v) is 4.47. The van der Waals surface area contributed by atoms with Crippen LogP contribution in [0.5, 0.6) is 5.75 Å². The Balaban J connectivity index is 1.30. The van der Waals surface area contributed by atoms with Crippen molar-refractivity contribution in [3.8, 4) is 5.75 Å². The first-order chi connectivity index (χ1) is 14.5. The minimum Gasteiger partial charge on any atom is -0.497 e. The van der Waals surface area contributed by atoms with Gasteiger partial charge in [-0.2, -0.15) is 0 Å². The molecule has 2 aromatic carbocycles. The summed E-state index contributed by atoms with van der Waals surface area (Å²) < 4.78 is 18.3. The fraction of sp³-hybridized carbons (Fsp3) is 0.417. The summed E-state index contributed by atoms with van der Waals surface area (Å²) in [5, 5.41) is 0. The van der Waals surface area contributed by atoms with Gasteiger partial charge >= 0.3 is 0 Å². The standard InChI is InChI=1S/C24H27FN2O3/c1-30-22-8-4-17(5-9-22)20-12-15-27(16-20)24(29)19-10-13-26(14-11-19)23(28)18-2-6-21(25)7-3-18/h2-9,19-20H,10-16H2,1H3. The number of likely N-dealkylation sites (tertiary alicyclic amines) is 2. The van der Waals surface area contributed by atoms with E-state index in [4.69, 9.17) is 4.74 Å². The number of ether oxygens (including phenoxy) is 1. The third kappa shape index (κ3) is 4.32. The molecule has 158 valence electrons. The van der Waals surface area contributed by atoms with E-state index in [0.29, 0.717) is 37.4 Å². The van der Waals surface area contributed by atoms with Gasteiger partial charge in [0, 0.05) is 43.6 Å². The lowest BCUT2D eigenvalue weighted by Gasteiger charge is -2.33. The second kappa shape index (κ2) is 8.86. The van der Waals surface area contributed by atoms with Crippen LogP contribution in [0.4, 0.5) is 4.39 Å². The highest BCUT2D eigenvalue weighted by Gasteiger charge is 2.34. The van der Waals surface area contributed by atoms with Gasteiger partial charge in [0.1, 0.15) is 11.6 Å². The number of methoxy groups -OCH3 is 1. The van der Waals surface area contributed by atoms with Gasteiger partial charge in [-0.3, -0.25) is 9.59 Å². The molecule has 2 amide bonds. The molecular weight excluding hydrogens is 383 g/mol. The number of benzene rings is 2. The molecule has 0 N–H and O–H groups in total. The lowest BCUT2D eigenvalue weighted by Crippen LogP contribution is -2.43. The van der Waals surface area contributed by atoms with E-state index in [9.17, 15) is 14.0 Å². The van der Waals surface area contributed by atoms with Gasteiger partial charge in [-0.25, -0.2) is 4.39 Å². The Morgan fingerprint density at radius 3 is 2.17 bits per heavy atom. The van der Waals surface area contributed by atoms with E-state index in [2.05, 4.69) is 12.1 Å². The first-order valence-corrected chi connectivity index (χ1v) is 10.5. The largest absolute Gasteiger partial charge is 0.497 e. The second-order valence-corrected chi connectivity index (χ2v) is 8.12. The Morgan fingerprint density at radius 2 is 1.53 bits per heavy atom. The van der Waals surface area contributed by atoms with Crippen molar-refractivity contribution in [2.75, 3.05) is 33.3 Å². The summed E-state index contributed by atoms with van der Waals surface area (Å²) in [6.45, 7) is 2.65. The van der Waals surface area contributed by atoms with Crippen molar-refractivity contribution in [1.29, 1.82) is 0 Å². The summed E-state index contributed by atoms with van der Waals surface area (Å²) in [6.07, 6.45) is 2.32. The average Bonchev–Trinajstić information content (AvgIpc) is 3.29. The molecule has 2 saturated heterocycles. The lowest BCUT2D eigenvalue weighted by molar-refractivity contribution is -0.135. The number of halogens is 1. The molecule has 30 heavy (non-hydrogen) atoms. The molecule has 2 heterocycles. The minimum absolute atomic E-state index is 0.0307. The van der Waals surface area contributed by atoms with E-state index in [-0.39, 0.29) is 23.5 Å². The molecule has 2 aromatic rings. The molecule has 0 bridgehead atoms. The molecule has 5 nitrogen and oxygen atoms in total. The Hall–Kier alpha value is -2.89. The first-order valence-electron chi connectivity index (χ1n) is 10.5. The maximum atomic E-state index is 13.1. The number of rotatable bonds is 4. The van der Waals surface area contributed by atoms with E-state index < -0.39 is 0 Å². The van der Waals surface area contributed by atoms with Crippen molar-refractivity contribution >= 4 is 11.8 Å². The van der Waals surface area contributed by atoms with E-state index in [1.165, 1.54) is 29.8 Å². The molecule has 0 aromatic heterocycles. The van der Waals surface area contributed by atoms with Crippen molar-refractivity contribution in [1.82, 2.24) is 9.80 Å². The molecular formula is C24H27FN2O3. The highest BCUT2D eigenvalue weighted by atomic mass is 19.1. The van der Waals surface area contributed by atoms with Crippen LogP contribution in [-0.4, -0.2) is 54.9 Å². The van der Waals surface area contributed by atoms with Gasteiger partial charge < -0.3 is 14.5 Å². The van der Waals surface area contributed by atoms with E-state index >= 15 is 0 Å². The molecule has 2 aliphatic rings. The summed E-state index contributed by atoms with van der Waals surface area (Å²) in [7, 11) is 1.66. The zero-order valence-electron chi connectivity index (χ0n) is 17.2. The summed E-state index contributed by atoms with van der Waals surface area (Å²) in [5.74, 6) is 0.930. The summed E-state index contributed by atoms with van der Waals surface area (Å²) in [6, 6.07) is 13.7. The monoisotopic (exact) mass is 410 g/mol.